The van der Waals surface area contributed by atoms with E-state index in [2.05, 4.69) is 15.4 Å². The van der Waals surface area contributed by atoms with Crippen LogP contribution in [-0.4, -0.2) is 33.9 Å². The van der Waals surface area contributed by atoms with Crippen molar-refractivity contribution in [2.45, 2.75) is 11.1 Å². The van der Waals surface area contributed by atoms with Crippen molar-refractivity contribution in [2.75, 3.05) is 18.7 Å². The van der Waals surface area contributed by atoms with Crippen LogP contribution in [0.3, 0.4) is 0 Å². The average molecular weight is 458 g/mol. The molecule has 32 heavy (non-hydrogen) atoms. The second-order valence-electron chi connectivity index (χ2n) is 6.67. The summed E-state index contributed by atoms with van der Waals surface area (Å²) < 4.78 is 47.4. The zero-order valence-corrected chi connectivity index (χ0v) is 17.8. The van der Waals surface area contributed by atoms with Crippen molar-refractivity contribution in [1.29, 1.82) is 0 Å². The number of hydrogen-bond donors (Lipinski definition) is 1. The molecular weight excluding hydrogens is 441 g/mol. The maximum absolute atomic E-state index is 13.8. The first-order chi connectivity index (χ1) is 15.3. The van der Waals surface area contributed by atoms with E-state index in [0.29, 0.717) is 21.5 Å². The van der Waals surface area contributed by atoms with E-state index in [9.17, 15) is 18.0 Å². The number of fused-ring (bicyclic) bond motifs is 1. The van der Waals surface area contributed by atoms with Crippen LogP contribution in [0.1, 0.15) is 16.1 Å². The van der Waals surface area contributed by atoms with Crippen molar-refractivity contribution in [3.05, 3.63) is 72.1 Å². The molecule has 0 unspecified atom stereocenters. The Labute approximate surface area is 185 Å². The van der Waals surface area contributed by atoms with Crippen molar-refractivity contribution in [2.24, 2.45) is 0 Å². The highest BCUT2D eigenvalue weighted by molar-refractivity contribution is 7.98. The van der Waals surface area contributed by atoms with Crippen LogP contribution >= 0.6 is 11.8 Å². The first-order valence-electron chi connectivity index (χ1n) is 9.37. The molecule has 164 valence electrons. The number of carbonyl (C=O) groups is 1. The van der Waals surface area contributed by atoms with E-state index in [1.165, 1.54) is 18.9 Å². The molecule has 0 aliphatic carbocycles. The second kappa shape index (κ2) is 8.54. The van der Waals surface area contributed by atoms with Gasteiger partial charge in [-0.2, -0.15) is 18.3 Å². The third-order valence-corrected chi connectivity index (χ3v) is 5.54. The Bertz CT molecular complexity index is 1300. The van der Waals surface area contributed by atoms with Crippen LogP contribution in [0.5, 0.6) is 5.75 Å². The third-order valence-electron chi connectivity index (χ3n) is 4.74. The van der Waals surface area contributed by atoms with Crippen molar-refractivity contribution < 1.29 is 22.7 Å². The molecule has 2 aromatic heterocycles. The Morgan fingerprint density at radius 3 is 2.56 bits per heavy atom. The van der Waals surface area contributed by atoms with E-state index in [1.807, 2.05) is 18.4 Å². The van der Waals surface area contributed by atoms with Crippen LogP contribution in [0, 0.1) is 0 Å². The summed E-state index contributed by atoms with van der Waals surface area (Å²) in [4.78, 5) is 18.1. The number of methoxy groups -OCH3 is 1. The van der Waals surface area contributed by atoms with Crippen LogP contribution in [0.2, 0.25) is 0 Å². The molecule has 4 rings (SSSR count). The van der Waals surface area contributed by atoms with E-state index in [0.717, 1.165) is 17.2 Å². The van der Waals surface area contributed by atoms with Gasteiger partial charge in [0.15, 0.2) is 11.3 Å². The van der Waals surface area contributed by atoms with E-state index in [1.54, 1.807) is 36.4 Å². The summed E-state index contributed by atoms with van der Waals surface area (Å²) >= 11 is 1.43. The molecule has 2 aromatic carbocycles. The van der Waals surface area contributed by atoms with E-state index < -0.39 is 17.8 Å². The number of para-hydroxylation sites is 2. The number of carbonyl (C=O) groups excluding carboxylic acids is 1. The first-order valence-corrected chi connectivity index (χ1v) is 10.6. The molecule has 0 radical (unpaired) electrons. The van der Waals surface area contributed by atoms with Gasteiger partial charge in [-0.3, -0.25) is 4.79 Å². The van der Waals surface area contributed by atoms with Gasteiger partial charge in [0, 0.05) is 10.5 Å². The van der Waals surface area contributed by atoms with Gasteiger partial charge in [-0.1, -0.05) is 24.3 Å². The highest BCUT2D eigenvalue weighted by Crippen LogP contribution is 2.35. The van der Waals surface area contributed by atoms with Crippen molar-refractivity contribution in [3.63, 3.8) is 0 Å². The number of rotatable bonds is 5. The van der Waals surface area contributed by atoms with Gasteiger partial charge >= 0.3 is 6.18 Å². The molecule has 1 amide bonds. The molecule has 1 N–H and O–H groups in total. The lowest BCUT2D eigenvalue weighted by Crippen LogP contribution is -2.16. The minimum absolute atomic E-state index is 0.0151. The highest BCUT2D eigenvalue weighted by atomic mass is 32.2. The lowest BCUT2D eigenvalue weighted by Gasteiger charge is -2.13. The molecule has 0 spiro atoms. The average Bonchev–Trinajstić information content (AvgIpc) is 3.22. The molecule has 0 fully saturated rings. The van der Waals surface area contributed by atoms with E-state index >= 15 is 0 Å². The predicted molar refractivity (Wildman–Crippen MR) is 116 cm³/mol. The third kappa shape index (κ3) is 4.01. The monoisotopic (exact) mass is 458 g/mol. The maximum Gasteiger partial charge on any atom is 0.433 e. The fourth-order valence-corrected chi connectivity index (χ4v) is 3.81. The molecule has 2 heterocycles. The molecule has 4 aromatic rings. The summed E-state index contributed by atoms with van der Waals surface area (Å²) in [6.07, 6.45) is -1.78. The largest absolute Gasteiger partial charge is 0.496 e. The van der Waals surface area contributed by atoms with Crippen LogP contribution in [0.4, 0.5) is 18.9 Å². The predicted octanol–water partition coefficient (Wildman–Crippen LogP) is 5.40. The molecule has 0 aliphatic heterocycles. The second-order valence-corrected chi connectivity index (χ2v) is 7.52. The van der Waals surface area contributed by atoms with Crippen molar-refractivity contribution in [1.82, 2.24) is 14.6 Å². The number of halogens is 3. The number of amides is 1. The highest BCUT2D eigenvalue weighted by Gasteiger charge is 2.36. The molecule has 0 saturated heterocycles. The minimum Gasteiger partial charge on any atom is -0.496 e. The zero-order valence-electron chi connectivity index (χ0n) is 17.0. The van der Waals surface area contributed by atoms with E-state index in [-0.39, 0.29) is 16.9 Å². The summed E-state index contributed by atoms with van der Waals surface area (Å²) in [5, 5.41) is 6.54. The molecule has 0 bridgehead atoms. The Balaban J connectivity index is 1.87. The van der Waals surface area contributed by atoms with Crippen molar-refractivity contribution >= 4 is 29.0 Å². The Morgan fingerprint density at radius 1 is 1.12 bits per heavy atom. The fourth-order valence-electron chi connectivity index (χ4n) is 3.26. The zero-order chi connectivity index (χ0) is 22.9. The van der Waals surface area contributed by atoms with Crippen molar-refractivity contribution in [3.8, 4) is 17.0 Å². The van der Waals surface area contributed by atoms with E-state index in [4.69, 9.17) is 4.74 Å². The lowest BCUT2D eigenvalue weighted by molar-refractivity contribution is -0.142. The lowest BCUT2D eigenvalue weighted by atomic mass is 10.1. The number of alkyl halides is 3. The Morgan fingerprint density at radius 2 is 1.84 bits per heavy atom. The number of nitrogens with one attached hydrogen (secondary N) is 1. The number of benzene rings is 2. The molecule has 0 aliphatic rings. The number of aromatic nitrogens is 3. The van der Waals surface area contributed by atoms with Gasteiger partial charge < -0.3 is 10.1 Å². The first kappa shape index (κ1) is 21.7. The smallest absolute Gasteiger partial charge is 0.433 e. The summed E-state index contributed by atoms with van der Waals surface area (Å²) in [5.74, 6) is -0.254. The minimum atomic E-state index is -4.72. The fraction of sp³-hybridized carbons (Fsp3) is 0.136. The molecule has 0 saturated carbocycles. The number of nitrogens with zero attached hydrogens (tertiary/aromatic N) is 3. The summed E-state index contributed by atoms with van der Waals surface area (Å²) in [5.41, 5.74) is -0.416. The number of thioether (sulfide) groups is 1. The van der Waals surface area contributed by atoms with Gasteiger partial charge in [-0.25, -0.2) is 9.50 Å². The van der Waals surface area contributed by atoms with Gasteiger partial charge in [-0.15, -0.1) is 11.8 Å². The SMILES string of the molecule is COc1ccccc1-c1cc(C(F)(F)F)n2ncc(C(=O)Nc3ccccc3SC)c2n1. The normalized spacial score (nSPS) is 11.5. The van der Waals surface area contributed by atoms with Gasteiger partial charge in [0.2, 0.25) is 0 Å². The number of ether oxygens (including phenoxy) is 1. The molecule has 10 heteroatoms. The Hall–Kier alpha value is -3.53. The van der Waals surface area contributed by atoms with Gasteiger partial charge in [0.05, 0.1) is 24.7 Å². The topological polar surface area (TPSA) is 68.5 Å². The summed E-state index contributed by atoms with van der Waals surface area (Å²) in [6.45, 7) is 0. The summed E-state index contributed by atoms with van der Waals surface area (Å²) in [7, 11) is 1.42. The maximum atomic E-state index is 13.8. The molecular formula is C22H17F3N4O2S. The molecule has 0 atom stereocenters. The number of hydrogen-bond acceptors (Lipinski definition) is 5. The van der Waals surface area contributed by atoms with Gasteiger partial charge in [0.25, 0.3) is 5.91 Å². The quantitative estimate of drug-likeness (QED) is 0.406. The Kier molecular flexibility index (Phi) is 5.79. The van der Waals surface area contributed by atoms with Crippen LogP contribution in [0.25, 0.3) is 16.9 Å². The van der Waals surface area contributed by atoms with Gasteiger partial charge in [-0.05, 0) is 36.6 Å². The van der Waals surface area contributed by atoms with Crippen LogP contribution in [0.15, 0.2) is 65.7 Å². The number of anilines is 1. The van der Waals surface area contributed by atoms with Gasteiger partial charge in [0.1, 0.15) is 11.3 Å². The van der Waals surface area contributed by atoms with Crippen LogP contribution in [-0.2, 0) is 6.18 Å². The van der Waals surface area contributed by atoms with Crippen LogP contribution < -0.4 is 10.1 Å². The molecule has 6 nitrogen and oxygen atoms in total. The standard InChI is InChI=1S/C22H17F3N4O2S/c1-31-17-9-5-3-7-13(17)16-11-19(22(23,24)25)29-20(27-16)14(12-26-29)21(30)28-15-8-4-6-10-18(15)32-2/h3-12H,1-2H3,(H,28,30). The summed E-state index contributed by atoms with van der Waals surface area (Å²) in [6, 6.07) is 14.6.